The molecule has 1 nitrogen and oxygen atoms in total. The summed E-state index contributed by atoms with van der Waals surface area (Å²) in [7, 11) is 1.88. The van der Waals surface area contributed by atoms with Crippen LogP contribution in [0.15, 0.2) is 36.6 Å². The minimum atomic E-state index is 1.88. The third kappa shape index (κ3) is 55.5. The van der Waals surface area contributed by atoms with Gasteiger partial charge in [0.15, 0.2) is 0 Å². The summed E-state index contributed by atoms with van der Waals surface area (Å²) >= 11 is 0. The molecular formula is C12H25N. The molecule has 0 amide bonds. The highest BCUT2D eigenvalue weighted by Crippen LogP contribution is 1.71. The second kappa shape index (κ2) is 30.5. The van der Waals surface area contributed by atoms with Crippen LogP contribution in [0.2, 0.25) is 0 Å². The fourth-order valence-corrected chi connectivity index (χ4v) is 0.389. The highest BCUT2D eigenvalue weighted by atomic mass is 14.8. The van der Waals surface area contributed by atoms with Crippen LogP contribution in [0.5, 0.6) is 0 Å². The molecule has 0 aromatic heterocycles. The number of hydrogen-bond donors (Lipinski definition) is 1. The molecule has 0 aromatic rings. The van der Waals surface area contributed by atoms with E-state index in [4.69, 9.17) is 0 Å². The first-order valence-electron chi connectivity index (χ1n) is 4.85. The van der Waals surface area contributed by atoms with E-state index in [1.807, 2.05) is 78.2 Å². The van der Waals surface area contributed by atoms with Crippen molar-refractivity contribution in [3.05, 3.63) is 36.6 Å². The summed E-state index contributed by atoms with van der Waals surface area (Å²) in [6.07, 6.45) is 11.8. The molecule has 0 fully saturated rings. The Morgan fingerprint density at radius 1 is 0.769 bits per heavy atom. The van der Waals surface area contributed by atoms with E-state index >= 15 is 0 Å². The van der Waals surface area contributed by atoms with Crippen LogP contribution in [0.3, 0.4) is 0 Å². The highest BCUT2D eigenvalue weighted by molar-refractivity contribution is 4.98. The third-order valence-electron chi connectivity index (χ3n) is 0.829. The van der Waals surface area contributed by atoms with Gasteiger partial charge in [-0.25, -0.2) is 0 Å². The van der Waals surface area contributed by atoms with Gasteiger partial charge in [0.05, 0.1) is 0 Å². The van der Waals surface area contributed by atoms with Crippen molar-refractivity contribution in [2.75, 3.05) is 7.05 Å². The SMILES string of the molecule is C/C=C/NC.CC.CC=C/C=C/C. The van der Waals surface area contributed by atoms with Crippen molar-refractivity contribution in [2.45, 2.75) is 34.6 Å². The summed E-state index contributed by atoms with van der Waals surface area (Å²) in [6.45, 7) is 9.97. The summed E-state index contributed by atoms with van der Waals surface area (Å²) in [5, 5.41) is 2.84. The zero-order valence-electron chi connectivity index (χ0n) is 9.96. The Bertz CT molecular complexity index is 111. The average Bonchev–Trinajstić information content (AvgIpc) is 2.20. The van der Waals surface area contributed by atoms with Crippen molar-refractivity contribution in [1.29, 1.82) is 0 Å². The minimum Gasteiger partial charge on any atom is -0.394 e. The fraction of sp³-hybridized carbons (Fsp3) is 0.500. The maximum absolute atomic E-state index is 2.84. The van der Waals surface area contributed by atoms with E-state index in [0.717, 1.165) is 0 Å². The molecule has 0 rings (SSSR count). The summed E-state index contributed by atoms with van der Waals surface area (Å²) in [5.41, 5.74) is 0. The van der Waals surface area contributed by atoms with Gasteiger partial charge in [0, 0.05) is 7.05 Å². The molecule has 0 spiro atoms. The van der Waals surface area contributed by atoms with Gasteiger partial charge in [0.2, 0.25) is 0 Å². The van der Waals surface area contributed by atoms with Gasteiger partial charge in [-0.3, -0.25) is 0 Å². The number of hydrogen-bond acceptors (Lipinski definition) is 1. The van der Waals surface area contributed by atoms with Crippen molar-refractivity contribution < 1.29 is 0 Å². The van der Waals surface area contributed by atoms with Crippen molar-refractivity contribution in [2.24, 2.45) is 0 Å². The van der Waals surface area contributed by atoms with E-state index in [1.165, 1.54) is 0 Å². The standard InChI is InChI=1S/C6H10.C4H9N.C2H6/c1-3-5-6-4-2;1-3-4-5-2;1-2/h3-6H,1-2H3;3-5H,1-2H3;1-2H3/b5-3+,6-4?;4-3+;. The zero-order valence-corrected chi connectivity index (χ0v) is 9.96. The lowest BCUT2D eigenvalue weighted by Gasteiger charge is -1.75. The van der Waals surface area contributed by atoms with Gasteiger partial charge >= 0.3 is 0 Å². The van der Waals surface area contributed by atoms with Crippen molar-refractivity contribution >= 4 is 0 Å². The highest BCUT2D eigenvalue weighted by Gasteiger charge is 1.48. The molecule has 0 saturated carbocycles. The Morgan fingerprint density at radius 2 is 1.15 bits per heavy atom. The quantitative estimate of drug-likeness (QED) is 0.640. The molecule has 0 heterocycles. The van der Waals surface area contributed by atoms with E-state index in [2.05, 4.69) is 5.32 Å². The normalized spacial score (nSPS) is 9.38. The molecule has 0 aromatic carbocycles. The molecule has 0 unspecified atom stereocenters. The Kier molecular flexibility index (Phi) is 42.1. The summed E-state index contributed by atoms with van der Waals surface area (Å²) < 4.78 is 0. The Labute approximate surface area is 84.2 Å². The molecule has 1 heteroatoms. The molecule has 13 heavy (non-hydrogen) atoms. The number of allylic oxidation sites excluding steroid dienone is 5. The summed E-state index contributed by atoms with van der Waals surface area (Å²) in [6, 6.07) is 0. The average molecular weight is 183 g/mol. The van der Waals surface area contributed by atoms with Crippen molar-refractivity contribution in [3.8, 4) is 0 Å². The van der Waals surface area contributed by atoms with Gasteiger partial charge in [0.25, 0.3) is 0 Å². The monoisotopic (exact) mass is 183 g/mol. The lowest BCUT2D eigenvalue weighted by atomic mass is 10.5. The van der Waals surface area contributed by atoms with Crippen LogP contribution in [0.1, 0.15) is 34.6 Å². The molecular weight excluding hydrogens is 158 g/mol. The van der Waals surface area contributed by atoms with Crippen LogP contribution in [-0.2, 0) is 0 Å². The van der Waals surface area contributed by atoms with Crippen LogP contribution in [-0.4, -0.2) is 7.05 Å². The molecule has 0 aliphatic rings. The molecule has 0 bridgehead atoms. The molecule has 1 N–H and O–H groups in total. The van der Waals surface area contributed by atoms with Gasteiger partial charge in [-0.2, -0.15) is 0 Å². The van der Waals surface area contributed by atoms with E-state index < -0.39 is 0 Å². The lowest BCUT2D eigenvalue weighted by molar-refractivity contribution is 1.10. The molecule has 0 aliphatic carbocycles. The molecule has 0 atom stereocenters. The molecule has 0 radical (unpaired) electrons. The molecule has 0 saturated heterocycles. The predicted molar refractivity (Wildman–Crippen MR) is 64.8 cm³/mol. The number of nitrogens with one attached hydrogen (secondary N) is 1. The van der Waals surface area contributed by atoms with Crippen LogP contribution >= 0.6 is 0 Å². The Hall–Kier alpha value is -0.980. The number of rotatable bonds is 2. The second-order valence-electron chi connectivity index (χ2n) is 1.84. The maximum Gasteiger partial charge on any atom is 0.00276 e. The van der Waals surface area contributed by atoms with Gasteiger partial charge < -0.3 is 5.32 Å². The first-order chi connectivity index (χ1) is 6.33. The minimum absolute atomic E-state index is 1.88. The largest absolute Gasteiger partial charge is 0.394 e. The fourth-order valence-electron chi connectivity index (χ4n) is 0.389. The maximum atomic E-state index is 2.84. The van der Waals surface area contributed by atoms with Crippen LogP contribution < -0.4 is 5.32 Å². The summed E-state index contributed by atoms with van der Waals surface area (Å²) in [4.78, 5) is 0. The van der Waals surface area contributed by atoms with E-state index in [-0.39, 0.29) is 0 Å². The van der Waals surface area contributed by atoms with Gasteiger partial charge in [-0.15, -0.1) is 0 Å². The zero-order chi connectivity index (χ0) is 10.9. The van der Waals surface area contributed by atoms with Gasteiger partial charge in [-0.1, -0.05) is 44.2 Å². The van der Waals surface area contributed by atoms with Crippen molar-refractivity contribution in [3.63, 3.8) is 0 Å². The van der Waals surface area contributed by atoms with Gasteiger partial charge in [0.1, 0.15) is 0 Å². The molecule has 78 valence electrons. The van der Waals surface area contributed by atoms with Crippen LogP contribution in [0, 0.1) is 0 Å². The lowest BCUT2D eigenvalue weighted by Crippen LogP contribution is -1.89. The topological polar surface area (TPSA) is 12.0 Å². The first-order valence-corrected chi connectivity index (χ1v) is 4.85. The molecule has 0 aliphatic heterocycles. The van der Waals surface area contributed by atoms with E-state index in [0.29, 0.717) is 0 Å². The predicted octanol–water partition coefficient (Wildman–Crippen LogP) is 3.90. The van der Waals surface area contributed by atoms with Crippen LogP contribution in [0.25, 0.3) is 0 Å². The van der Waals surface area contributed by atoms with Crippen LogP contribution in [0.4, 0.5) is 0 Å². The first kappa shape index (κ1) is 17.9. The van der Waals surface area contributed by atoms with E-state index in [1.54, 1.807) is 0 Å². The van der Waals surface area contributed by atoms with E-state index in [9.17, 15) is 0 Å². The summed E-state index contributed by atoms with van der Waals surface area (Å²) in [5.74, 6) is 0. The second-order valence-corrected chi connectivity index (χ2v) is 1.84. The third-order valence-corrected chi connectivity index (χ3v) is 0.829. The van der Waals surface area contributed by atoms with Gasteiger partial charge in [-0.05, 0) is 27.0 Å². The Balaban J connectivity index is -0.000000131. The van der Waals surface area contributed by atoms with Crippen molar-refractivity contribution in [1.82, 2.24) is 5.32 Å². The smallest absolute Gasteiger partial charge is 0.00276 e. The Morgan fingerprint density at radius 3 is 1.23 bits per heavy atom.